The van der Waals surface area contributed by atoms with E-state index in [1.54, 1.807) is 7.11 Å². The lowest BCUT2D eigenvalue weighted by molar-refractivity contribution is 0.0981. The van der Waals surface area contributed by atoms with E-state index in [-0.39, 0.29) is 0 Å². The Bertz CT molecular complexity index is 1330. The fraction of sp³-hybridized carbons (Fsp3) is 0.567. The third-order valence-electron chi connectivity index (χ3n) is 8.91. The van der Waals surface area contributed by atoms with Gasteiger partial charge in [-0.25, -0.2) is 15.0 Å². The van der Waals surface area contributed by atoms with Gasteiger partial charge in [0.15, 0.2) is 5.82 Å². The molecule has 2 aromatic heterocycles. The fourth-order valence-electron chi connectivity index (χ4n) is 6.19. The van der Waals surface area contributed by atoms with E-state index in [1.165, 1.54) is 39.0 Å². The number of piperidine rings is 1. The lowest BCUT2D eigenvalue weighted by atomic mass is 10.00. The highest BCUT2D eigenvalue weighted by Crippen LogP contribution is 2.37. The highest BCUT2D eigenvalue weighted by molar-refractivity contribution is 5.97. The molecule has 3 fully saturated rings. The van der Waals surface area contributed by atoms with E-state index in [4.69, 9.17) is 20.4 Å². The van der Waals surface area contributed by atoms with Crippen LogP contribution in [-0.2, 0) is 6.42 Å². The Kier molecular flexibility index (Phi) is 7.91. The minimum absolute atomic E-state index is 0.405. The van der Waals surface area contributed by atoms with Crippen LogP contribution in [0.3, 0.4) is 0 Å². The molecule has 6 rings (SSSR count). The van der Waals surface area contributed by atoms with Crippen molar-refractivity contribution < 1.29 is 4.74 Å². The summed E-state index contributed by atoms with van der Waals surface area (Å²) in [7, 11) is 3.97. The van der Waals surface area contributed by atoms with E-state index in [1.807, 2.05) is 6.20 Å². The van der Waals surface area contributed by atoms with Crippen LogP contribution in [-0.4, -0.2) is 104 Å². The SMILES string of the molecule is CCc1nc2c(N)ncc(-c3ccc(N4CCC(N5CCN(C)CC5)CC4)c(OC)c3)c2nc1NCC1CNC1. The lowest BCUT2D eigenvalue weighted by Gasteiger charge is -2.42. The largest absolute Gasteiger partial charge is 0.495 e. The number of aryl methyl sites for hydroxylation is 1. The van der Waals surface area contributed by atoms with Crippen LogP contribution in [0.4, 0.5) is 17.3 Å². The van der Waals surface area contributed by atoms with Gasteiger partial charge in [-0.05, 0) is 44.0 Å². The van der Waals surface area contributed by atoms with Crippen molar-refractivity contribution in [3.8, 4) is 16.9 Å². The van der Waals surface area contributed by atoms with Crippen LogP contribution in [0.25, 0.3) is 22.2 Å². The van der Waals surface area contributed by atoms with Gasteiger partial charge < -0.3 is 30.9 Å². The number of aromatic nitrogens is 3. The average molecular weight is 546 g/mol. The molecule has 1 aromatic carbocycles. The van der Waals surface area contributed by atoms with E-state index in [2.05, 4.69) is 62.5 Å². The Balaban J connectivity index is 1.25. The van der Waals surface area contributed by atoms with E-state index in [0.29, 0.717) is 23.3 Å². The number of fused-ring (bicyclic) bond motifs is 1. The van der Waals surface area contributed by atoms with Gasteiger partial charge in [-0.2, -0.15) is 0 Å². The first kappa shape index (κ1) is 27.0. The van der Waals surface area contributed by atoms with E-state index in [9.17, 15) is 0 Å². The summed E-state index contributed by atoms with van der Waals surface area (Å²) in [6.07, 6.45) is 4.95. The smallest absolute Gasteiger partial charge is 0.151 e. The summed E-state index contributed by atoms with van der Waals surface area (Å²) < 4.78 is 5.94. The number of rotatable bonds is 8. The zero-order chi connectivity index (χ0) is 27.6. The van der Waals surface area contributed by atoms with Crippen LogP contribution >= 0.6 is 0 Å². The van der Waals surface area contributed by atoms with Crippen LogP contribution < -0.4 is 26.0 Å². The quantitative estimate of drug-likeness (QED) is 0.391. The Hall–Kier alpha value is -3.21. The number of piperazine rings is 1. The van der Waals surface area contributed by atoms with Gasteiger partial charge in [0.2, 0.25) is 0 Å². The Labute approximate surface area is 237 Å². The monoisotopic (exact) mass is 545 g/mol. The molecule has 0 amide bonds. The summed E-state index contributed by atoms with van der Waals surface area (Å²) in [5, 5.41) is 6.88. The number of likely N-dealkylation sites (N-methyl/N-ethyl adjacent to an activating group) is 1. The van der Waals surface area contributed by atoms with Gasteiger partial charge in [0.1, 0.15) is 22.6 Å². The van der Waals surface area contributed by atoms with Crippen molar-refractivity contribution in [2.24, 2.45) is 5.92 Å². The van der Waals surface area contributed by atoms with Gasteiger partial charge in [0, 0.05) is 82.6 Å². The number of ether oxygens (including phenoxy) is 1. The van der Waals surface area contributed by atoms with Crippen molar-refractivity contribution in [2.75, 3.05) is 89.0 Å². The molecule has 0 atom stereocenters. The molecular formula is C30H43N9O. The van der Waals surface area contributed by atoms with Gasteiger partial charge in [-0.3, -0.25) is 4.90 Å². The van der Waals surface area contributed by atoms with Crippen LogP contribution in [0, 0.1) is 5.92 Å². The summed E-state index contributed by atoms with van der Waals surface area (Å²) in [5.74, 6) is 2.73. The molecular weight excluding hydrogens is 502 g/mol. The lowest BCUT2D eigenvalue weighted by Crippen LogP contribution is -2.52. The molecule has 3 aliphatic rings. The van der Waals surface area contributed by atoms with Crippen molar-refractivity contribution in [1.82, 2.24) is 30.1 Å². The highest BCUT2D eigenvalue weighted by Gasteiger charge is 2.28. The Morgan fingerprint density at radius 2 is 1.82 bits per heavy atom. The first-order valence-corrected chi connectivity index (χ1v) is 14.8. The summed E-state index contributed by atoms with van der Waals surface area (Å²) in [4.78, 5) is 22.1. The molecule has 5 heterocycles. The number of nitrogens with zero attached hydrogens (tertiary/aromatic N) is 6. The van der Waals surface area contributed by atoms with Gasteiger partial charge >= 0.3 is 0 Å². The molecule has 0 saturated carbocycles. The number of hydrogen-bond donors (Lipinski definition) is 3. The molecule has 40 heavy (non-hydrogen) atoms. The molecule has 214 valence electrons. The Morgan fingerprint density at radius 1 is 1.05 bits per heavy atom. The fourth-order valence-corrected chi connectivity index (χ4v) is 6.19. The van der Waals surface area contributed by atoms with Crippen molar-refractivity contribution in [2.45, 2.75) is 32.2 Å². The second-order valence-electron chi connectivity index (χ2n) is 11.5. The topological polar surface area (TPSA) is 108 Å². The minimum Gasteiger partial charge on any atom is -0.495 e. The summed E-state index contributed by atoms with van der Waals surface area (Å²) >= 11 is 0. The number of nitrogen functional groups attached to an aromatic ring is 1. The average Bonchev–Trinajstić information content (AvgIpc) is 2.96. The zero-order valence-corrected chi connectivity index (χ0v) is 24.1. The molecule has 3 aliphatic heterocycles. The third kappa shape index (κ3) is 5.40. The van der Waals surface area contributed by atoms with Crippen LogP contribution in [0.5, 0.6) is 5.75 Å². The maximum absolute atomic E-state index is 6.30. The second-order valence-corrected chi connectivity index (χ2v) is 11.5. The number of nitrogens with two attached hydrogens (primary N) is 1. The normalized spacial score (nSPS) is 19.6. The first-order valence-electron chi connectivity index (χ1n) is 14.8. The highest BCUT2D eigenvalue weighted by atomic mass is 16.5. The summed E-state index contributed by atoms with van der Waals surface area (Å²) in [6, 6.07) is 7.12. The molecule has 0 aliphatic carbocycles. The molecule has 0 unspecified atom stereocenters. The Morgan fingerprint density at radius 3 is 2.50 bits per heavy atom. The van der Waals surface area contributed by atoms with Crippen LogP contribution in [0.1, 0.15) is 25.5 Å². The van der Waals surface area contributed by atoms with Gasteiger partial charge in [-0.1, -0.05) is 13.0 Å². The predicted molar refractivity (Wildman–Crippen MR) is 162 cm³/mol. The van der Waals surface area contributed by atoms with E-state index in [0.717, 1.165) is 78.7 Å². The maximum Gasteiger partial charge on any atom is 0.151 e. The summed E-state index contributed by atoms with van der Waals surface area (Å²) in [5.41, 5.74) is 11.7. The number of nitrogens with one attached hydrogen (secondary N) is 2. The second kappa shape index (κ2) is 11.7. The van der Waals surface area contributed by atoms with Gasteiger partial charge in [-0.15, -0.1) is 0 Å². The number of hydrogen-bond acceptors (Lipinski definition) is 10. The van der Waals surface area contributed by atoms with Crippen LogP contribution in [0.15, 0.2) is 24.4 Å². The molecule has 3 aromatic rings. The number of pyridine rings is 1. The molecule has 0 radical (unpaired) electrons. The molecule has 3 saturated heterocycles. The van der Waals surface area contributed by atoms with Crippen molar-refractivity contribution in [1.29, 1.82) is 0 Å². The summed E-state index contributed by atoms with van der Waals surface area (Å²) in [6.45, 7) is 11.8. The molecule has 0 bridgehead atoms. The first-order chi connectivity index (χ1) is 19.5. The van der Waals surface area contributed by atoms with Crippen LogP contribution in [0.2, 0.25) is 0 Å². The van der Waals surface area contributed by atoms with Crippen molar-refractivity contribution >= 4 is 28.4 Å². The van der Waals surface area contributed by atoms with Gasteiger partial charge in [0.25, 0.3) is 0 Å². The molecule has 0 spiro atoms. The standard InChI is InChI=1S/C30H43N9O/c1-4-24-30(34-18-20-16-32-17-20)36-27-23(19-33-29(31)28(27)35-24)21-5-6-25(26(15-21)40-3)39-9-7-22(8-10-39)38-13-11-37(2)12-14-38/h5-6,15,19-20,22,32H,4,7-14,16-18H2,1-3H3,(H2,31,33)(H,34,36). The minimum atomic E-state index is 0.405. The van der Waals surface area contributed by atoms with E-state index >= 15 is 0 Å². The third-order valence-corrected chi connectivity index (χ3v) is 8.91. The zero-order valence-electron chi connectivity index (χ0n) is 24.1. The molecule has 4 N–H and O–H groups in total. The molecule has 10 heteroatoms. The van der Waals surface area contributed by atoms with Gasteiger partial charge in [0.05, 0.1) is 18.5 Å². The maximum atomic E-state index is 6.30. The van der Waals surface area contributed by atoms with E-state index < -0.39 is 0 Å². The van der Waals surface area contributed by atoms with Crippen molar-refractivity contribution in [3.63, 3.8) is 0 Å². The van der Waals surface area contributed by atoms with Crippen molar-refractivity contribution in [3.05, 3.63) is 30.1 Å². The predicted octanol–water partition coefficient (Wildman–Crippen LogP) is 2.69. The number of anilines is 3. The number of benzene rings is 1. The number of methoxy groups -OCH3 is 1. The molecule has 10 nitrogen and oxygen atoms in total.